The first-order chi connectivity index (χ1) is 15.5. The van der Waals surface area contributed by atoms with Gasteiger partial charge in [0.15, 0.2) is 0 Å². The molecule has 0 atom stereocenters. The van der Waals surface area contributed by atoms with Gasteiger partial charge in [-0.25, -0.2) is 4.79 Å². The standard InChI is InChI=1S/C24H15N3O5/c28-23-20(21-22(25-32-24(21)29)16-8-2-1-3-9-16)18-11-4-5-12-19(18)26(23)14-15-7-6-10-17(13-15)27(30)31/h1-13H,14H2. The van der Waals surface area contributed by atoms with Crippen LogP contribution >= 0.6 is 0 Å². The van der Waals surface area contributed by atoms with Crippen molar-refractivity contribution in [1.29, 1.82) is 0 Å². The van der Waals surface area contributed by atoms with E-state index in [0.717, 1.165) is 0 Å². The molecule has 0 N–H and O–H groups in total. The number of nitro groups is 1. The molecular formula is C24H15N3O5. The van der Waals surface area contributed by atoms with Gasteiger partial charge >= 0.3 is 5.97 Å². The average Bonchev–Trinajstić information content (AvgIpc) is 3.31. The summed E-state index contributed by atoms with van der Waals surface area (Å²) in [6.45, 7) is 0.112. The van der Waals surface area contributed by atoms with Crippen LogP contribution in [0.25, 0.3) is 5.57 Å². The van der Waals surface area contributed by atoms with Crippen molar-refractivity contribution in [3.05, 3.63) is 111 Å². The monoisotopic (exact) mass is 425 g/mol. The summed E-state index contributed by atoms with van der Waals surface area (Å²) < 4.78 is 0. The van der Waals surface area contributed by atoms with E-state index in [2.05, 4.69) is 5.16 Å². The molecule has 0 bridgehead atoms. The van der Waals surface area contributed by atoms with Crippen LogP contribution in [0, 0.1) is 10.1 Å². The quantitative estimate of drug-likeness (QED) is 0.273. The zero-order chi connectivity index (χ0) is 22.2. The number of benzene rings is 3. The number of non-ortho nitro benzene ring substituents is 1. The number of oxime groups is 1. The largest absolute Gasteiger partial charge is 0.368 e. The van der Waals surface area contributed by atoms with E-state index in [1.807, 2.05) is 18.2 Å². The molecular weight excluding hydrogens is 410 g/mol. The topological polar surface area (TPSA) is 102 Å². The van der Waals surface area contributed by atoms with E-state index >= 15 is 0 Å². The van der Waals surface area contributed by atoms with Crippen LogP contribution in [-0.4, -0.2) is 22.5 Å². The summed E-state index contributed by atoms with van der Waals surface area (Å²) in [6.07, 6.45) is 0. The molecule has 3 aromatic rings. The minimum absolute atomic E-state index is 0.0566. The first kappa shape index (κ1) is 19.4. The molecule has 3 aromatic carbocycles. The highest BCUT2D eigenvalue weighted by atomic mass is 16.7. The van der Waals surface area contributed by atoms with E-state index in [1.165, 1.54) is 17.0 Å². The molecule has 0 spiro atoms. The Morgan fingerprint density at radius 1 is 0.906 bits per heavy atom. The number of anilines is 1. The van der Waals surface area contributed by atoms with Crippen LogP contribution in [0.15, 0.2) is 89.6 Å². The van der Waals surface area contributed by atoms with Gasteiger partial charge in [0, 0.05) is 23.3 Å². The number of rotatable bonds is 4. The maximum absolute atomic E-state index is 13.6. The maximum Gasteiger partial charge on any atom is 0.368 e. The Morgan fingerprint density at radius 3 is 2.44 bits per heavy atom. The molecule has 0 aromatic heterocycles. The highest BCUT2D eigenvalue weighted by Gasteiger charge is 2.40. The number of para-hydroxylation sites is 1. The Bertz CT molecular complexity index is 1340. The first-order valence-corrected chi connectivity index (χ1v) is 9.78. The fourth-order valence-electron chi connectivity index (χ4n) is 3.92. The van der Waals surface area contributed by atoms with E-state index in [9.17, 15) is 19.7 Å². The van der Waals surface area contributed by atoms with Gasteiger partial charge in [0.1, 0.15) is 11.3 Å². The van der Waals surface area contributed by atoms with Gasteiger partial charge in [-0.15, -0.1) is 0 Å². The number of carbonyl (C=O) groups is 2. The minimum atomic E-state index is -0.695. The molecule has 0 fully saturated rings. The van der Waals surface area contributed by atoms with E-state index in [1.54, 1.807) is 48.5 Å². The highest BCUT2D eigenvalue weighted by molar-refractivity contribution is 6.44. The van der Waals surface area contributed by atoms with Crippen molar-refractivity contribution in [2.45, 2.75) is 6.54 Å². The van der Waals surface area contributed by atoms with Gasteiger partial charge in [0.25, 0.3) is 11.6 Å². The van der Waals surface area contributed by atoms with Gasteiger partial charge in [0.05, 0.1) is 22.7 Å². The summed E-state index contributed by atoms with van der Waals surface area (Å²) >= 11 is 0. The Kier molecular flexibility index (Phi) is 4.59. The van der Waals surface area contributed by atoms with Crippen LogP contribution in [0.2, 0.25) is 0 Å². The van der Waals surface area contributed by atoms with Crippen molar-refractivity contribution in [3.63, 3.8) is 0 Å². The second-order valence-corrected chi connectivity index (χ2v) is 7.27. The van der Waals surface area contributed by atoms with Crippen LogP contribution in [0.3, 0.4) is 0 Å². The smallest absolute Gasteiger partial charge is 0.312 e. The molecule has 32 heavy (non-hydrogen) atoms. The number of fused-ring (bicyclic) bond motifs is 1. The van der Waals surface area contributed by atoms with Gasteiger partial charge in [-0.1, -0.05) is 65.8 Å². The van der Waals surface area contributed by atoms with Gasteiger partial charge in [-0.2, -0.15) is 0 Å². The third kappa shape index (κ3) is 3.14. The molecule has 2 aliphatic heterocycles. The van der Waals surface area contributed by atoms with Crippen LogP contribution < -0.4 is 4.90 Å². The second-order valence-electron chi connectivity index (χ2n) is 7.27. The molecule has 5 rings (SSSR count). The highest BCUT2D eigenvalue weighted by Crippen LogP contribution is 2.41. The predicted octanol–water partition coefficient (Wildman–Crippen LogP) is 3.86. The zero-order valence-corrected chi connectivity index (χ0v) is 16.6. The molecule has 8 heteroatoms. The van der Waals surface area contributed by atoms with Crippen molar-refractivity contribution in [1.82, 2.24) is 0 Å². The Balaban J connectivity index is 1.62. The van der Waals surface area contributed by atoms with Crippen LogP contribution in [0.5, 0.6) is 0 Å². The summed E-state index contributed by atoms with van der Waals surface area (Å²) in [7, 11) is 0. The lowest BCUT2D eigenvalue weighted by Gasteiger charge is -2.17. The number of nitrogens with zero attached hydrogens (tertiary/aromatic N) is 3. The van der Waals surface area contributed by atoms with Crippen LogP contribution in [-0.2, 0) is 21.0 Å². The number of carbonyl (C=O) groups excluding carboxylic acids is 2. The average molecular weight is 425 g/mol. The SMILES string of the molecule is O=C1ON=C(c2ccccc2)C1=C1C(=O)N(Cc2cccc([N+](=O)[O-])c2)c2ccccc21. The number of nitro benzene ring substituents is 1. The third-order valence-electron chi connectivity index (χ3n) is 5.34. The van der Waals surface area contributed by atoms with Crippen LogP contribution in [0.4, 0.5) is 11.4 Å². The van der Waals surface area contributed by atoms with Crippen molar-refractivity contribution < 1.29 is 19.3 Å². The van der Waals surface area contributed by atoms with Crippen molar-refractivity contribution >= 4 is 34.5 Å². The fraction of sp³-hybridized carbons (Fsp3) is 0.0417. The van der Waals surface area contributed by atoms with Gasteiger partial charge in [0.2, 0.25) is 0 Å². The van der Waals surface area contributed by atoms with Gasteiger partial charge < -0.3 is 9.74 Å². The Morgan fingerprint density at radius 2 is 1.66 bits per heavy atom. The zero-order valence-electron chi connectivity index (χ0n) is 16.6. The van der Waals surface area contributed by atoms with E-state index in [0.29, 0.717) is 28.1 Å². The normalized spacial score (nSPS) is 17.2. The summed E-state index contributed by atoms with van der Waals surface area (Å²) in [4.78, 5) is 43.3. The summed E-state index contributed by atoms with van der Waals surface area (Å²) in [5, 5.41) is 15.1. The van der Waals surface area contributed by atoms with Crippen LogP contribution in [0.1, 0.15) is 16.7 Å². The van der Waals surface area contributed by atoms with Crippen molar-refractivity contribution in [2.24, 2.45) is 5.16 Å². The third-order valence-corrected chi connectivity index (χ3v) is 5.34. The fourth-order valence-corrected chi connectivity index (χ4v) is 3.92. The van der Waals surface area contributed by atoms with E-state index in [-0.39, 0.29) is 23.4 Å². The van der Waals surface area contributed by atoms with Gasteiger partial charge in [-0.3, -0.25) is 14.9 Å². The van der Waals surface area contributed by atoms with Gasteiger partial charge in [-0.05, 0) is 11.6 Å². The molecule has 1 amide bonds. The molecule has 0 saturated carbocycles. The molecule has 0 aliphatic carbocycles. The molecule has 2 heterocycles. The van der Waals surface area contributed by atoms with Crippen molar-refractivity contribution in [3.8, 4) is 0 Å². The second kappa shape index (κ2) is 7.59. The predicted molar refractivity (Wildman–Crippen MR) is 117 cm³/mol. The molecule has 2 aliphatic rings. The number of amides is 1. The molecule has 0 saturated heterocycles. The lowest BCUT2D eigenvalue weighted by molar-refractivity contribution is -0.384. The van der Waals surface area contributed by atoms with E-state index < -0.39 is 16.8 Å². The van der Waals surface area contributed by atoms with E-state index in [4.69, 9.17) is 4.84 Å². The lowest BCUT2D eigenvalue weighted by Crippen LogP contribution is -2.27. The lowest BCUT2D eigenvalue weighted by atomic mass is 9.94. The molecule has 8 nitrogen and oxygen atoms in total. The Hall–Kier alpha value is -4.59. The molecule has 156 valence electrons. The first-order valence-electron chi connectivity index (χ1n) is 9.78. The Labute approximate surface area is 182 Å². The maximum atomic E-state index is 13.6. The summed E-state index contributed by atoms with van der Waals surface area (Å²) in [5.74, 6) is -1.09. The van der Waals surface area contributed by atoms with Crippen molar-refractivity contribution in [2.75, 3.05) is 4.90 Å². The number of hydrogen-bond acceptors (Lipinski definition) is 6. The molecule has 0 radical (unpaired) electrons. The molecule has 0 unspecified atom stereocenters. The number of hydrogen-bond donors (Lipinski definition) is 0. The minimum Gasteiger partial charge on any atom is -0.312 e. The summed E-state index contributed by atoms with van der Waals surface area (Å²) in [6, 6.07) is 22.3. The summed E-state index contributed by atoms with van der Waals surface area (Å²) in [5.41, 5.74) is 3.00.